The Morgan fingerprint density at radius 2 is 1.90 bits per heavy atom. The Balaban J connectivity index is 1.55. The van der Waals surface area contributed by atoms with Crippen molar-refractivity contribution in [2.24, 2.45) is 0 Å². The van der Waals surface area contributed by atoms with Crippen molar-refractivity contribution in [3.8, 4) is 11.3 Å². The molecule has 0 unspecified atom stereocenters. The smallest absolute Gasteiger partial charge is 0.229 e. The van der Waals surface area contributed by atoms with E-state index in [1.165, 1.54) is 5.56 Å². The molecule has 2 aromatic carbocycles. The molecule has 2 amide bonds. The number of rotatable bonds is 5. The molecule has 0 atom stereocenters. The first-order valence-electron chi connectivity index (χ1n) is 9.74. The number of aryl methyl sites for hydroxylation is 2. The summed E-state index contributed by atoms with van der Waals surface area (Å²) in [6.07, 6.45) is 1.65. The molecule has 1 aliphatic heterocycles. The third-order valence-electron chi connectivity index (χ3n) is 4.99. The van der Waals surface area contributed by atoms with E-state index in [0.29, 0.717) is 18.7 Å². The monoisotopic (exact) mass is 405 g/mol. The molecule has 148 valence electrons. The van der Waals surface area contributed by atoms with Crippen LogP contribution in [0.2, 0.25) is 0 Å². The minimum absolute atomic E-state index is 0.103. The zero-order valence-corrected chi connectivity index (χ0v) is 17.4. The van der Waals surface area contributed by atoms with E-state index >= 15 is 0 Å². The van der Waals surface area contributed by atoms with Crippen LogP contribution in [-0.4, -0.2) is 23.3 Å². The summed E-state index contributed by atoms with van der Waals surface area (Å²) in [5.41, 5.74) is 4.51. The molecule has 1 N–H and O–H groups in total. The minimum atomic E-state index is -0.110. The van der Waals surface area contributed by atoms with Crippen LogP contribution in [0.4, 0.5) is 11.4 Å². The number of anilines is 2. The number of amides is 2. The highest BCUT2D eigenvalue weighted by atomic mass is 32.1. The lowest BCUT2D eigenvalue weighted by Gasteiger charge is -2.20. The Morgan fingerprint density at radius 3 is 2.62 bits per heavy atom. The highest BCUT2D eigenvalue weighted by Crippen LogP contribution is 2.31. The van der Waals surface area contributed by atoms with Crippen LogP contribution in [0.3, 0.4) is 0 Å². The van der Waals surface area contributed by atoms with Gasteiger partial charge in [-0.1, -0.05) is 42.0 Å². The quantitative estimate of drug-likeness (QED) is 0.667. The van der Waals surface area contributed by atoms with Gasteiger partial charge in [0.1, 0.15) is 0 Å². The molecule has 4 rings (SSSR count). The first kappa shape index (κ1) is 19.3. The molecule has 6 heteroatoms. The lowest BCUT2D eigenvalue weighted by atomic mass is 10.1. The summed E-state index contributed by atoms with van der Waals surface area (Å²) in [5, 5.41) is 3.94. The van der Waals surface area contributed by atoms with Gasteiger partial charge in [-0.3, -0.25) is 9.59 Å². The fourth-order valence-electron chi connectivity index (χ4n) is 3.58. The molecule has 3 aromatic rings. The van der Waals surface area contributed by atoms with Crippen LogP contribution in [0.25, 0.3) is 11.3 Å². The molecule has 1 fully saturated rings. The molecule has 0 saturated carbocycles. The van der Waals surface area contributed by atoms with E-state index in [1.54, 1.807) is 16.2 Å². The zero-order chi connectivity index (χ0) is 20.4. The second-order valence-electron chi connectivity index (χ2n) is 7.26. The van der Waals surface area contributed by atoms with E-state index < -0.39 is 0 Å². The number of aromatic nitrogens is 1. The summed E-state index contributed by atoms with van der Waals surface area (Å²) in [5.74, 6) is -0.00690. The largest absolute Gasteiger partial charge is 0.324 e. The summed E-state index contributed by atoms with van der Waals surface area (Å²) >= 11 is 1.55. The Labute approximate surface area is 174 Å². The van der Waals surface area contributed by atoms with E-state index in [1.807, 2.05) is 50.2 Å². The number of thiazole rings is 1. The van der Waals surface area contributed by atoms with Crippen molar-refractivity contribution in [1.82, 2.24) is 4.98 Å². The van der Waals surface area contributed by atoms with Gasteiger partial charge in [-0.15, -0.1) is 11.3 Å². The topological polar surface area (TPSA) is 62.3 Å². The molecule has 0 aliphatic carbocycles. The van der Waals surface area contributed by atoms with Gasteiger partial charge in [0, 0.05) is 23.4 Å². The first-order chi connectivity index (χ1) is 14.0. The maximum absolute atomic E-state index is 12.8. The van der Waals surface area contributed by atoms with Gasteiger partial charge in [0.15, 0.2) is 0 Å². The first-order valence-corrected chi connectivity index (χ1v) is 10.6. The van der Waals surface area contributed by atoms with E-state index in [-0.39, 0.29) is 18.2 Å². The van der Waals surface area contributed by atoms with Crippen molar-refractivity contribution in [3.05, 3.63) is 64.0 Å². The number of nitrogens with zero attached hydrogens (tertiary/aromatic N) is 2. The highest BCUT2D eigenvalue weighted by Gasteiger charge is 2.24. The Bertz CT molecular complexity index is 1060. The SMILES string of the molecule is Cc1ccc(-c2nc(C)sc2CC(=O)Nc2ccccc2N2CCCC2=O)cc1. The van der Waals surface area contributed by atoms with E-state index in [9.17, 15) is 9.59 Å². The minimum Gasteiger partial charge on any atom is -0.324 e. The molecule has 1 aliphatic rings. The fourth-order valence-corrected chi connectivity index (χ4v) is 4.54. The maximum Gasteiger partial charge on any atom is 0.229 e. The van der Waals surface area contributed by atoms with Gasteiger partial charge in [-0.25, -0.2) is 4.98 Å². The van der Waals surface area contributed by atoms with Gasteiger partial charge in [0.05, 0.1) is 28.5 Å². The van der Waals surface area contributed by atoms with Gasteiger partial charge < -0.3 is 10.2 Å². The zero-order valence-electron chi connectivity index (χ0n) is 16.6. The van der Waals surface area contributed by atoms with Gasteiger partial charge in [-0.2, -0.15) is 0 Å². The average molecular weight is 406 g/mol. The average Bonchev–Trinajstić information content (AvgIpc) is 3.28. The highest BCUT2D eigenvalue weighted by molar-refractivity contribution is 7.12. The van der Waals surface area contributed by atoms with Gasteiger partial charge in [0.25, 0.3) is 0 Å². The standard InChI is InChI=1S/C23H23N3O2S/c1-15-9-11-17(12-10-15)23-20(29-16(2)24-23)14-21(27)25-18-6-3-4-7-19(18)26-13-5-8-22(26)28/h3-4,6-7,9-12H,5,8,13-14H2,1-2H3,(H,25,27). The molecule has 1 aromatic heterocycles. The van der Waals surface area contributed by atoms with E-state index in [2.05, 4.69) is 22.4 Å². The third-order valence-corrected chi connectivity index (χ3v) is 5.96. The van der Waals surface area contributed by atoms with E-state index in [4.69, 9.17) is 0 Å². The van der Waals surface area contributed by atoms with Gasteiger partial charge in [0.2, 0.25) is 11.8 Å². The summed E-state index contributed by atoms with van der Waals surface area (Å²) in [6, 6.07) is 15.7. The van der Waals surface area contributed by atoms with Crippen molar-refractivity contribution >= 4 is 34.5 Å². The van der Waals surface area contributed by atoms with Crippen molar-refractivity contribution in [2.75, 3.05) is 16.8 Å². The van der Waals surface area contributed by atoms with E-state index in [0.717, 1.165) is 33.3 Å². The van der Waals surface area contributed by atoms with Crippen LogP contribution in [-0.2, 0) is 16.0 Å². The van der Waals surface area contributed by atoms with Crippen LogP contribution in [0.5, 0.6) is 0 Å². The Kier molecular flexibility index (Phi) is 5.45. The summed E-state index contributed by atoms with van der Waals surface area (Å²) in [7, 11) is 0. The van der Waals surface area contributed by atoms with Crippen LogP contribution < -0.4 is 10.2 Å². The third kappa shape index (κ3) is 4.22. The van der Waals surface area contributed by atoms with Crippen LogP contribution in [0, 0.1) is 13.8 Å². The number of para-hydroxylation sites is 2. The second-order valence-corrected chi connectivity index (χ2v) is 8.55. The van der Waals surface area contributed by atoms with Crippen LogP contribution >= 0.6 is 11.3 Å². The van der Waals surface area contributed by atoms with Crippen molar-refractivity contribution in [2.45, 2.75) is 33.1 Å². The maximum atomic E-state index is 12.8. The molecule has 1 saturated heterocycles. The number of carbonyl (C=O) groups excluding carboxylic acids is 2. The molecule has 0 bridgehead atoms. The number of benzene rings is 2. The number of hydrogen-bond donors (Lipinski definition) is 1. The lowest BCUT2D eigenvalue weighted by Crippen LogP contribution is -2.25. The number of carbonyl (C=O) groups is 2. The summed E-state index contributed by atoms with van der Waals surface area (Å²) in [6.45, 7) is 4.70. The molecule has 5 nitrogen and oxygen atoms in total. The fraction of sp³-hybridized carbons (Fsp3) is 0.261. The second kappa shape index (κ2) is 8.17. The van der Waals surface area contributed by atoms with Crippen molar-refractivity contribution < 1.29 is 9.59 Å². The normalized spacial score (nSPS) is 13.7. The lowest BCUT2D eigenvalue weighted by molar-refractivity contribution is -0.117. The predicted molar refractivity (Wildman–Crippen MR) is 117 cm³/mol. The van der Waals surface area contributed by atoms with Crippen molar-refractivity contribution in [1.29, 1.82) is 0 Å². The molecule has 2 heterocycles. The Morgan fingerprint density at radius 1 is 1.14 bits per heavy atom. The van der Waals surface area contributed by atoms with Crippen molar-refractivity contribution in [3.63, 3.8) is 0 Å². The van der Waals surface area contributed by atoms with Crippen LogP contribution in [0.15, 0.2) is 48.5 Å². The summed E-state index contributed by atoms with van der Waals surface area (Å²) < 4.78 is 0. The Hall–Kier alpha value is -2.99. The van der Waals surface area contributed by atoms with Crippen LogP contribution in [0.1, 0.15) is 28.3 Å². The molecule has 29 heavy (non-hydrogen) atoms. The molecular weight excluding hydrogens is 382 g/mol. The molecule has 0 radical (unpaired) electrons. The number of hydrogen-bond acceptors (Lipinski definition) is 4. The molecule has 0 spiro atoms. The molecular formula is C23H23N3O2S. The summed E-state index contributed by atoms with van der Waals surface area (Å²) in [4.78, 5) is 32.3. The number of nitrogens with one attached hydrogen (secondary N) is 1. The predicted octanol–water partition coefficient (Wildman–Crippen LogP) is 4.73. The van der Waals surface area contributed by atoms with Gasteiger partial charge in [-0.05, 0) is 32.4 Å². The van der Waals surface area contributed by atoms with Gasteiger partial charge >= 0.3 is 0 Å².